The third kappa shape index (κ3) is 9.48. The van der Waals surface area contributed by atoms with Gasteiger partial charge < -0.3 is 40.6 Å². The van der Waals surface area contributed by atoms with Gasteiger partial charge in [-0.05, 0) is 84.9 Å². The van der Waals surface area contributed by atoms with Gasteiger partial charge in [0.25, 0.3) is 0 Å². The van der Waals surface area contributed by atoms with Crippen LogP contribution < -0.4 is 80.0 Å². The average Bonchev–Trinajstić information content (AvgIpc) is 2.93. The standard InChI is InChI=1S/C27H20N6O7.2Na/c34-23-11-9-19(13-21(23)25(36)37)32-30-17-5-1-15(2-6-17)28-27(40)29-16-3-7-18(8-4-16)31-33-20-10-12-24(35)22(14-20)26(38)39;;/h1-14,34-35H,(H,36,37)(H,38,39)(H2,28,29,40);;/q;2*+1/p-2. The van der Waals surface area contributed by atoms with E-state index < -0.39 is 40.6 Å². The molecular formula is C27H18N6Na2O7. The number of phenols is 2. The molecule has 2 amide bonds. The van der Waals surface area contributed by atoms with Crippen molar-refractivity contribution in [1.29, 1.82) is 0 Å². The van der Waals surface area contributed by atoms with Crippen molar-refractivity contribution in [2.24, 2.45) is 20.5 Å². The zero-order valence-electron chi connectivity index (χ0n) is 22.3. The van der Waals surface area contributed by atoms with Gasteiger partial charge in [0.2, 0.25) is 0 Å². The molecule has 0 aliphatic rings. The second-order valence-corrected chi connectivity index (χ2v) is 8.05. The molecule has 0 aliphatic heterocycles. The zero-order valence-corrected chi connectivity index (χ0v) is 26.3. The maximum atomic E-state index is 12.3. The Morgan fingerprint density at radius 2 is 0.833 bits per heavy atom. The van der Waals surface area contributed by atoms with Crippen molar-refractivity contribution >= 4 is 52.1 Å². The summed E-state index contributed by atoms with van der Waals surface area (Å²) in [5.41, 5.74) is 1.41. The number of anilines is 2. The van der Waals surface area contributed by atoms with Gasteiger partial charge in [0, 0.05) is 22.5 Å². The SMILES string of the molecule is O=C(Nc1ccc(N=Nc2ccc(O)c(C(=O)[O-])c2)cc1)Nc1ccc(N=Nc2ccc(O)c(C(=O)[O-])c2)cc1.[Na+].[Na+]. The van der Waals surface area contributed by atoms with Crippen LogP contribution in [-0.2, 0) is 0 Å². The summed E-state index contributed by atoms with van der Waals surface area (Å²) in [6.07, 6.45) is 0. The van der Waals surface area contributed by atoms with Crippen LogP contribution in [-0.4, -0.2) is 28.2 Å². The van der Waals surface area contributed by atoms with Crippen LogP contribution in [0.15, 0.2) is 105 Å². The second kappa shape index (κ2) is 15.8. The molecule has 0 aromatic heterocycles. The van der Waals surface area contributed by atoms with E-state index >= 15 is 0 Å². The summed E-state index contributed by atoms with van der Waals surface area (Å²) < 4.78 is 0. The molecule has 0 saturated heterocycles. The Bertz CT molecular complexity index is 1530. The third-order valence-electron chi connectivity index (χ3n) is 5.21. The molecule has 0 saturated carbocycles. The van der Waals surface area contributed by atoms with Crippen molar-refractivity contribution < 1.29 is 93.9 Å². The summed E-state index contributed by atoms with van der Waals surface area (Å²) in [5, 5.41) is 62.2. The molecule has 0 aliphatic carbocycles. The van der Waals surface area contributed by atoms with Crippen molar-refractivity contribution in [3.8, 4) is 11.5 Å². The molecule has 0 spiro atoms. The zero-order chi connectivity index (χ0) is 28.6. The molecule has 42 heavy (non-hydrogen) atoms. The summed E-state index contributed by atoms with van der Waals surface area (Å²) in [7, 11) is 0. The van der Waals surface area contributed by atoms with Gasteiger partial charge in [-0.1, -0.05) is 0 Å². The van der Waals surface area contributed by atoms with E-state index in [0.717, 1.165) is 12.1 Å². The Morgan fingerprint density at radius 3 is 1.17 bits per heavy atom. The third-order valence-corrected chi connectivity index (χ3v) is 5.21. The van der Waals surface area contributed by atoms with Gasteiger partial charge in [-0.2, -0.15) is 20.5 Å². The molecule has 15 heteroatoms. The Labute approximate surface area is 282 Å². The minimum absolute atomic E-state index is 0. The molecule has 4 aromatic rings. The van der Waals surface area contributed by atoms with Crippen LogP contribution in [0.25, 0.3) is 0 Å². The summed E-state index contributed by atoms with van der Waals surface area (Å²) >= 11 is 0. The number of benzene rings is 4. The number of azo groups is 2. The fourth-order valence-corrected chi connectivity index (χ4v) is 3.25. The van der Waals surface area contributed by atoms with Gasteiger partial charge in [-0.15, -0.1) is 0 Å². The first kappa shape index (κ1) is 34.1. The number of carboxylic acid groups (broad SMARTS) is 2. The molecule has 4 aromatic carbocycles. The van der Waals surface area contributed by atoms with Crippen LogP contribution in [0.4, 0.5) is 38.9 Å². The van der Waals surface area contributed by atoms with Crippen LogP contribution in [0.1, 0.15) is 20.7 Å². The molecular weight excluding hydrogens is 566 g/mol. The number of carboxylic acids is 2. The van der Waals surface area contributed by atoms with E-state index in [4.69, 9.17) is 0 Å². The van der Waals surface area contributed by atoms with E-state index in [-0.39, 0.29) is 70.5 Å². The van der Waals surface area contributed by atoms with E-state index in [1.807, 2.05) is 0 Å². The van der Waals surface area contributed by atoms with E-state index in [1.54, 1.807) is 48.5 Å². The number of amides is 2. The van der Waals surface area contributed by atoms with E-state index in [2.05, 4.69) is 31.1 Å². The van der Waals surface area contributed by atoms with Crippen LogP contribution >= 0.6 is 0 Å². The minimum atomic E-state index is -1.54. The number of rotatable bonds is 8. The summed E-state index contributed by atoms with van der Waals surface area (Å²) in [6, 6.07) is 19.6. The van der Waals surface area contributed by atoms with Crippen LogP contribution in [0, 0.1) is 0 Å². The van der Waals surface area contributed by atoms with Gasteiger partial charge in [0.05, 0.1) is 34.7 Å². The van der Waals surface area contributed by atoms with Gasteiger partial charge in [-0.25, -0.2) is 4.79 Å². The Balaban J connectivity index is 0.00000308. The molecule has 200 valence electrons. The summed E-state index contributed by atoms with van der Waals surface area (Å²) in [6.45, 7) is 0. The second-order valence-electron chi connectivity index (χ2n) is 8.05. The van der Waals surface area contributed by atoms with E-state index in [0.29, 0.717) is 22.7 Å². The normalized spacial score (nSPS) is 10.5. The monoisotopic (exact) mass is 584 g/mol. The maximum absolute atomic E-state index is 12.3. The van der Waals surface area contributed by atoms with Crippen LogP contribution in [0.5, 0.6) is 11.5 Å². The first-order valence-corrected chi connectivity index (χ1v) is 11.4. The number of nitrogens with zero attached hydrogens (tertiary/aromatic N) is 4. The average molecular weight is 584 g/mol. The number of carbonyl (C=O) groups is 3. The van der Waals surface area contributed by atoms with Crippen molar-refractivity contribution in [1.82, 2.24) is 0 Å². The first-order chi connectivity index (χ1) is 19.2. The molecule has 0 bridgehead atoms. The van der Waals surface area contributed by atoms with Crippen molar-refractivity contribution in [3.05, 3.63) is 96.1 Å². The van der Waals surface area contributed by atoms with Crippen LogP contribution in [0.2, 0.25) is 0 Å². The molecule has 0 heterocycles. The Morgan fingerprint density at radius 1 is 0.524 bits per heavy atom. The Kier molecular flexibility index (Phi) is 12.8. The predicted molar refractivity (Wildman–Crippen MR) is 139 cm³/mol. The maximum Gasteiger partial charge on any atom is 1.00 e. The van der Waals surface area contributed by atoms with Gasteiger partial charge in [-0.3, -0.25) is 0 Å². The largest absolute Gasteiger partial charge is 1.00 e. The number of hydrogen-bond donors (Lipinski definition) is 4. The molecule has 0 radical (unpaired) electrons. The molecule has 4 rings (SSSR count). The predicted octanol–water partition coefficient (Wildman–Crippen LogP) is -1.69. The number of nitrogens with one attached hydrogen (secondary N) is 2. The van der Waals surface area contributed by atoms with Gasteiger partial charge >= 0.3 is 65.1 Å². The number of urea groups is 1. The van der Waals surface area contributed by atoms with E-state index in [1.165, 1.54) is 24.3 Å². The van der Waals surface area contributed by atoms with Gasteiger partial charge in [0.1, 0.15) is 11.5 Å². The van der Waals surface area contributed by atoms with Crippen molar-refractivity contribution in [2.75, 3.05) is 10.6 Å². The summed E-state index contributed by atoms with van der Waals surface area (Å²) in [4.78, 5) is 34.4. The van der Waals surface area contributed by atoms with E-state index in [9.17, 15) is 34.8 Å². The number of aromatic hydroxyl groups is 2. The molecule has 0 fully saturated rings. The number of carbonyl (C=O) groups excluding carboxylic acids is 3. The van der Waals surface area contributed by atoms with Gasteiger partial charge in [0.15, 0.2) is 0 Å². The molecule has 0 unspecified atom stereocenters. The molecule has 13 nitrogen and oxygen atoms in total. The van der Waals surface area contributed by atoms with Crippen molar-refractivity contribution in [2.45, 2.75) is 0 Å². The van der Waals surface area contributed by atoms with Crippen molar-refractivity contribution in [3.63, 3.8) is 0 Å². The summed E-state index contributed by atoms with van der Waals surface area (Å²) in [5.74, 6) is -3.94. The molecule has 0 atom stereocenters. The number of hydrogen-bond acceptors (Lipinski definition) is 11. The topological polar surface area (TPSA) is 211 Å². The minimum Gasteiger partial charge on any atom is -0.545 e. The fourth-order valence-electron chi connectivity index (χ4n) is 3.25. The Hall–Kier alpha value is -4.11. The fraction of sp³-hybridized carbons (Fsp3) is 0. The molecule has 4 N–H and O–H groups in total. The smallest absolute Gasteiger partial charge is 0.545 e. The number of aromatic carboxylic acids is 2. The van der Waals surface area contributed by atoms with Crippen LogP contribution in [0.3, 0.4) is 0 Å². The first-order valence-electron chi connectivity index (χ1n) is 11.4. The quantitative estimate of drug-likeness (QED) is 0.139.